The molecule has 178 valence electrons. The number of hydrogen-bond acceptors (Lipinski definition) is 4. The van der Waals surface area contributed by atoms with Crippen molar-refractivity contribution in [1.82, 2.24) is 19.9 Å². The lowest BCUT2D eigenvalue weighted by Crippen LogP contribution is -1.97. The van der Waals surface area contributed by atoms with Crippen molar-refractivity contribution in [3.8, 4) is 45.2 Å². The molecule has 5 aromatic carbocycles. The highest BCUT2D eigenvalue weighted by Crippen LogP contribution is 2.34. The highest BCUT2D eigenvalue weighted by Gasteiger charge is 2.15. The molecule has 0 radical (unpaired) electrons. The maximum atomic E-state index is 5.06. The lowest BCUT2D eigenvalue weighted by atomic mass is 10.00. The summed E-state index contributed by atoms with van der Waals surface area (Å²) in [6, 6.07) is 43.2. The van der Waals surface area contributed by atoms with Crippen LogP contribution in [0.1, 0.15) is 0 Å². The first-order valence-corrected chi connectivity index (χ1v) is 12.6. The average molecular weight is 487 g/mol. The van der Waals surface area contributed by atoms with Crippen LogP contribution in [0, 0.1) is 0 Å². The van der Waals surface area contributed by atoms with Crippen molar-refractivity contribution in [3.05, 3.63) is 134 Å². The van der Waals surface area contributed by atoms with E-state index < -0.39 is 0 Å². The number of nitrogens with zero attached hydrogens (tertiary/aromatic N) is 4. The van der Waals surface area contributed by atoms with E-state index in [4.69, 9.17) is 19.9 Å². The molecule has 0 saturated heterocycles. The van der Waals surface area contributed by atoms with Gasteiger partial charge in [0.2, 0.25) is 0 Å². The number of hydrogen-bond donors (Lipinski definition) is 0. The van der Waals surface area contributed by atoms with Gasteiger partial charge in [0, 0.05) is 33.7 Å². The van der Waals surface area contributed by atoms with Crippen LogP contribution >= 0.6 is 0 Å². The molecule has 38 heavy (non-hydrogen) atoms. The van der Waals surface area contributed by atoms with Crippen molar-refractivity contribution in [2.75, 3.05) is 0 Å². The average Bonchev–Trinajstić information content (AvgIpc) is 3.01. The predicted octanol–water partition coefficient (Wildman–Crippen LogP) is 8.24. The molecular formula is C34H22N4. The molecule has 4 heteroatoms. The third kappa shape index (κ3) is 3.98. The van der Waals surface area contributed by atoms with E-state index in [1.54, 1.807) is 0 Å². The lowest BCUT2D eigenvalue weighted by molar-refractivity contribution is 1.21. The van der Waals surface area contributed by atoms with E-state index in [0.717, 1.165) is 44.2 Å². The van der Waals surface area contributed by atoms with Crippen molar-refractivity contribution in [1.29, 1.82) is 0 Å². The smallest absolute Gasteiger partial charge is 0.160 e. The van der Waals surface area contributed by atoms with Crippen LogP contribution in [-0.4, -0.2) is 19.9 Å². The fourth-order valence-electron chi connectivity index (χ4n) is 4.81. The van der Waals surface area contributed by atoms with Crippen molar-refractivity contribution in [2.45, 2.75) is 0 Å². The van der Waals surface area contributed by atoms with Gasteiger partial charge in [0.1, 0.15) is 0 Å². The third-order valence-electron chi connectivity index (χ3n) is 6.76. The molecule has 0 aliphatic rings. The second-order valence-corrected chi connectivity index (χ2v) is 9.16. The highest BCUT2D eigenvalue weighted by atomic mass is 14.9. The van der Waals surface area contributed by atoms with Crippen molar-refractivity contribution >= 4 is 21.8 Å². The van der Waals surface area contributed by atoms with Gasteiger partial charge in [-0.05, 0) is 23.3 Å². The molecule has 0 fully saturated rings. The molecule has 0 aliphatic carbocycles. The monoisotopic (exact) mass is 486 g/mol. The minimum absolute atomic E-state index is 0.680. The number of fused-ring (bicyclic) bond motifs is 3. The summed E-state index contributed by atoms with van der Waals surface area (Å²) in [5.41, 5.74) is 7.94. The van der Waals surface area contributed by atoms with Crippen LogP contribution in [0.2, 0.25) is 0 Å². The summed E-state index contributed by atoms with van der Waals surface area (Å²) in [5.74, 6) is 1.38. The van der Waals surface area contributed by atoms with Crippen LogP contribution < -0.4 is 0 Å². The zero-order chi connectivity index (χ0) is 25.3. The highest BCUT2D eigenvalue weighted by molar-refractivity contribution is 6.08. The van der Waals surface area contributed by atoms with E-state index in [9.17, 15) is 0 Å². The van der Waals surface area contributed by atoms with E-state index in [1.165, 1.54) is 11.1 Å². The van der Waals surface area contributed by atoms with E-state index in [-0.39, 0.29) is 0 Å². The molecule has 0 bridgehead atoms. The Kier molecular flexibility index (Phi) is 5.41. The fourth-order valence-corrected chi connectivity index (χ4v) is 4.81. The molecule has 4 nitrogen and oxygen atoms in total. The van der Waals surface area contributed by atoms with Crippen LogP contribution in [0.5, 0.6) is 0 Å². The van der Waals surface area contributed by atoms with Gasteiger partial charge in [0.15, 0.2) is 11.6 Å². The van der Waals surface area contributed by atoms with Gasteiger partial charge in [-0.1, -0.05) is 115 Å². The first-order chi connectivity index (χ1) is 18.8. The van der Waals surface area contributed by atoms with E-state index in [0.29, 0.717) is 11.6 Å². The normalized spacial score (nSPS) is 11.2. The van der Waals surface area contributed by atoms with Gasteiger partial charge in [0.25, 0.3) is 0 Å². The molecule has 0 spiro atoms. The van der Waals surface area contributed by atoms with Gasteiger partial charge in [-0.2, -0.15) is 0 Å². The molecular weight excluding hydrogens is 464 g/mol. The fraction of sp³-hybridized carbons (Fsp3) is 0. The van der Waals surface area contributed by atoms with Crippen LogP contribution in [0.4, 0.5) is 0 Å². The Morgan fingerprint density at radius 3 is 1.58 bits per heavy atom. The van der Waals surface area contributed by atoms with Gasteiger partial charge in [-0.3, -0.25) is 0 Å². The van der Waals surface area contributed by atoms with Gasteiger partial charge < -0.3 is 0 Å². The van der Waals surface area contributed by atoms with Crippen LogP contribution in [-0.2, 0) is 0 Å². The molecule has 0 amide bonds. The topological polar surface area (TPSA) is 51.6 Å². The van der Waals surface area contributed by atoms with Gasteiger partial charge in [-0.15, -0.1) is 0 Å². The number of rotatable bonds is 4. The van der Waals surface area contributed by atoms with Gasteiger partial charge in [0.05, 0.1) is 16.7 Å². The largest absolute Gasteiger partial charge is 0.236 e. The quantitative estimate of drug-likeness (QED) is 0.235. The summed E-state index contributed by atoms with van der Waals surface area (Å²) >= 11 is 0. The minimum atomic E-state index is 0.680. The van der Waals surface area contributed by atoms with E-state index in [1.807, 2.05) is 79.0 Å². The maximum Gasteiger partial charge on any atom is 0.160 e. The summed E-state index contributed by atoms with van der Waals surface area (Å²) in [4.78, 5) is 19.7. The molecule has 7 aromatic rings. The third-order valence-corrected chi connectivity index (χ3v) is 6.76. The standard InChI is InChI=1S/C34H22N4/c1-4-10-23(11-5-1)24-16-18-25(19-17-24)31-28-20-21-30-29(22-35-33(36-30)26-12-6-2-7-13-26)32(28)38-34(37-31)27-14-8-3-9-15-27/h1-22H. The maximum absolute atomic E-state index is 5.06. The summed E-state index contributed by atoms with van der Waals surface area (Å²) in [6.07, 6.45) is 1.89. The Morgan fingerprint density at radius 1 is 0.368 bits per heavy atom. The Balaban J connectivity index is 1.43. The molecule has 0 unspecified atom stereocenters. The van der Waals surface area contributed by atoms with Crippen LogP contribution in [0.3, 0.4) is 0 Å². The Bertz CT molecular complexity index is 1880. The van der Waals surface area contributed by atoms with Crippen molar-refractivity contribution in [3.63, 3.8) is 0 Å². The molecule has 0 N–H and O–H groups in total. The van der Waals surface area contributed by atoms with Gasteiger partial charge >= 0.3 is 0 Å². The zero-order valence-electron chi connectivity index (χ0n) is 20.5. The van der Waals surface area contributed by atoms with Crippen LogP contribution in [0.25, 0.3) is 67.0 Å². The minimum Gasteiger partial charge on any atom is -0.236 e. The first kappa shape index (κ1) is 22.0. The predicted molar refractivity (Wildman–Crippen MR) is 154 cm³/mol. The van der Waals surface area contributed by atoms with E-state index >= 15 is 0 Å². The molecule has 2 heterocycles. The second kappa shape index (κ2) is 9.34. The molecule has 7 rings (SSSR count). The Morgan fingerprint density at radius 2 is 0.921 bits per heavy atom. The van der Waals surface area contributed by atoms with Gasteiger partial charge in [-0.25, -0.2) is 19.9 Å². The molecule has 0 atom stereocenters. The Hall–Kier alpha value is -5.22. The summed E-state index contributed by atoms with van der Waals surface area (Å²) in [6.45, 7) is 0. The van der Waals surface area contributed by atoms with Crippen LogP contribution in [0.15, 0.2) is 134 Å². The molecule has 0 saturated carbocycles. The molecule has 0 aliphatic heterocycles. The van der Waals surface area contributed by atoms with Crippen molar-refractivity contribution < 1.29 is 0 Å². The first-order valence-electron chi connectivity index (χ1n) is 12.6. The number of aromatic nitrogens is 4. The summed E-state index contributed by atoms with van der Waals surface area (Å²) in [7, 11) is 0. The zero-order valence-corrected chi connectivity index (χ0v) is 20.5. The number of benzene rings is 5. The van der Waals surface area contributed by atoms with E-state index in [2.05, 4.69) is 54.6 Å². The summed E-state index contributed by atoms with van der Waals surface area (Å²) in [5, 5.41) is 1.88. The lowest BCUT2D eigenvalue weighted by Gasteiger charge is -2.12. The SMILES string of the molecule is c1ccc(-c2ccc(-c3nc(-c4ccccc4)nc4c3ccc3nc(-c5ccccc5)ncc34)cc2)cc1. The Labute approximate surface area is 220 Å². The second-order valence-electron chi connectivity index (χ2n) is 9.16. The van der Waals surface area contributed by atoms with Crippen molar-refractivity contribution in [2.24, 2.45) is 0 Å². The summed E-state index contributed by atoms with van der Waals surface area (Å²) < 4.78 is 0. The molecule has 2 aromatic heterocycles.